The highest BCUT2D eigenvalue weighted by atomic mass is 79.9. The lowest BCUT2D eigenvalue weighted by Crippen LogP contribution is -2.09. The van der Waals surface area contributed by atoms with Gasteiger partial charge in [-0.1, -0.05) is 31.9 Å². The number of rotatable bonds is 4. The Morgan fingerprint density at radius 2 is 0.909 bits per heavy atom. The minimum atomic E-state index is -0.129. The second-order valence-electron chi connectivity index (χ2n) is 4.92. The van der Waals surface area contributed by atoms with Gasteiger partial charge >= 0.3 is 0 Å². The normalized spacial score (nSPS) is 11.8. The highest BCUT2D eigenvalue weighted by Gasteiger charge is 2.16. The second kappa shape index (κ2) is 7.16. The van der Waals surface area contributed by atoms with Gasteiger partial charge in [0, 0.05) is 31.2 Å². The van der Waals surface area contributed by atoms with Crippen LogP contribution in [0.1, 0.15) is 34.6 Å². The minimum Gasteiger partial charge on any atom is -0.289 e. The van der Waals surface area contributed by atoms with Crippen molar-refractivity contribution in [3.05, 3.63) is 79.7 Å². The van der Waals surface area contributed by atoms with E-state index in [4.69, 9.17) is 0 Å². The summed E-state index contributed by atoms with van der Waals surface area (Å²) in [5.41, 5.74) is 2.08. The molecule has 2 nitrogen and oxygen atoms in total. The number of Topliss-reactive ketones (excluding diaryl/α,β-unsaturated/α-hetero) is 2. The van der Waals surface area contributed by atoms with Crippen molar-refractivity contribution in [2.75, 3.05) is 0 Å². The summed E-state index contributed by atoms with van der Waals surface area (Å²) in [4.78, 5) is 24.9. The Labute approximate surface area is 146 Å². The maximum atomic E-state index is 12.5. The first kappa shape index (κ1) is 16.8. The fourth-order valence-electron chi connectivity index (χ4n) is 1.98. The first-order valence-electron chi connectivity index (χ1n) is 6.68. The molecule has 2 aromatic rings. The van der Waals surface area contributed by atoms with Crippen molar-refractivity contribution in [1.82, 2.24) is 0 Å². The number of ketones is 2. The molecule has 0 aliphatic heterocycles. The van der Waals surface area contributed by atoms with E-state index in [9.17, 15) is 9.59 Å². The van der Waals surface area contributed by atoms with Crippen LogP contribution in [0.2, 0.25) is 0 Å². The van der Waals surface area contributed by atoms with Gasteiger partial charge in [0.05, 0.1) is 0 Å². The van der Waals surface area contributed by atoms with Crippen molar-refractivity contribution < 1.29 is 9.59 Å². The molecule has 0 saturated heterocycles. The van der Waals surface area contributed by atoms with Gasteiger partial charge in [-0.15, -0.1) is 0 Å². The molecule has 0 spiro atoms. The molecule has 0 saturated carbocycles. The van der Waals surface area contributed by atoms with Gasteiger partial charge in [-0.2, -0.15) is 0 Å². The van der Waals surface area contributed by atoms with Crippen LogP contribution in [0.15, 0.2) is 68.6 Å². The van der Waals surface area contributed by atoms with Crippen LogP contribution in [0.3, 0.4) is 0 Å². The van der Waals surface area contributed by atoms with Crippen molar-refractivity contribution >= 4 is 43.4 Å². The molecular weight excluding hydrogens is 408 g/mol. The Balaban J connectivity index is 2.31. The van der Waals surface area contributed by atoms with E-state index >= 15 is 0 Å². The lowest BCUT2D eigenvalue weighted by atomic mass is 9.95. The van der Waals surface area contributed by atoms with Crippen LogP contribution in [0.5, 0.6) is 0 Å². The van der Waals surface area contributed by atoms with Crippen LogP contribution < -0.4 is 0 Å². The summed E-state index contributed by atoms with van der Waals surface area (Å²) in [5, 5.41) is 0. The number of benzene rings is 2. The predicted octanol–water partition coefficient (Wildman–Crippen LogP) is 5.61. The molecule has 2 aromatic carbocycles. The van der Waals surface area contributed by atoms with Crippen LogP contribution in [-0.4, -0.2) is 11.6 Å². The zero-order chi connectivity index (χ0) is 16.3. The molecule has 0 aliphatic carbocycles. The zero-order valence-electron chi connectivity index (χ0n) is 12.2. The topological polar surface area (TPSA) is 34.1 Å². The van der Waals surface area contributed by atoms with Gasteiger partial charge in [-0.25, -0.2) is 0 Å². The number of hydrogen-bond acceptors (Lipinski definition) is 2. The van der Waals surface area contributed by atoms with Gasteiger partial charge in [0.1, 0.15) is 0 Å². The van der Waals surface area contributed by atoms with E-state index in [2.05, 4.69) is 31.9 Å². The molecule has 0 heterocycles. The van der Waals surface area contributed by atoms with Crippen molar-refractivity contribution in [3.8, 4) is 0 Å². The fraction of sp³-hybridized carbons (Fsp3) is 0.111. The standard InChI is InChI=1S/C18H14Br2O2/c1-11(17(21)13-3-7-15(19)8-4-13)12(2)18(22)14-5-9-16(20)10-6-14/h3-10H,1-2H3/b12-11-. The molecule has 0 unspecified atom stereocenters. The number of carbonyl (C=O) groups is 2. The average Bonchev–Trinajstić information content (AvgIpc) is 2.53. The lowest BCUT2D eigenvalue weighted by molar-refractivity contribution is 0.0999. The fourth-order valence-corrected chi connectivity index (χ4v) is 2.50. The molecule has 0 atom stereocenters. The van der Waals surface area contributed by atoms with Crippen LogP contribution in [0.4, 0.5) is 0 Å². The third-order valence-corrected chi connectivity index (χ3v) is 4.51. The Morgan fingerprint density at radius 1 is 0.636 bits per heavy atom. The summed E-state index contributed by atoms with van der Waals surface area (Å²) in [6.45, 7) is 3.38. The summed E-state index contributed by atoms with van der Waals surface area (Å²) in [7, 11) is 0. The first-order chi connectivity index (χ1) is 10.4. The SMILES string of the molecule is C/C(C(=O)c1ccc(Br)cc1)=C(\C)C(=O)c1ccc(Br)cc1. The second-order valence-corrected chi connectivity index (χ2v) is 6.75. The molecule has 4 heteroatoms. The van der Waals surface area contributed by atoms with Crippen LogP contribution in [0, 0.1) is 0 Å². The molecule has 0 radical (unpaired) electrons. The molecule has 0 amide bonds. The van der Waals surface area contributed by atoms with Crippen molar-refractivity contribution in [2.45, 2.75) is 13.8 Å². The molecule has 0 aliphatic rings. The Kier molecular flexibility index (Phi) is 5.48. The van der Waals surface area contributed by atoms with Gasteiger partial charge in [0.25, 0.3) is 0 Å². The van der Waals surface area contributed by atoms with E-state index in [1.807, 2.05) is 24.3 Å². The first-order valence-corrected chi connectivity index (χ1v) is 8.26. The largest absolute Gasteiger partial charge is 0.289 e. The third kappa shape index (κ3) is 3.81. The van der Waals surface area contributed by atoms with E-state index in [1.54, 1.807) is 38.1 Å². The van der Waals surface area contributed by atoms with Crippen molar-refractivity contribution in [2.24, 2.45) is 0 Å². The quantitative estimate of drug-likeness (QED) is 0.474. The molecule has 112 valence electrons. The summed E-state index contributed by atoms with van der Waals surface area (Å²) >= 11 is 6.68. The Hall–Kier alpha value is -1.52. The monoisotopic (exact) mass is 420 g/mol. The number of halogens is 2. The van der Waals surface area contributed by atoms with Crippen LogP contribution in [0.25, 0.3) is 0 Å². The molecule has 0 aromatic heterocycles. The average molecular weight is 422 g/mol. The predicted molar refractivity (Wildman–Crippen MR) is 95.3 cm³/mol. The van der Waals surface area contributed by atoms with E-state index in [1.165, 1.54) is 0 Å². The molecule has 0 fully saturated rings. The van der Waals surface area contributed by atoms with Gasteiger partial charge in [-0.05, 0) is 62.4 Å². The molecule has 0 N–H and O–H groups in total. The van der Waals surface area contributed by atoms with Gasteiger partial charge in [-0.3, -0.25) is 9.59 Å². The summed E-state index contributed by atoms with van der Waals surface area (Å²) in [6, 6.07) is 14.2. The molecule has 22 heavy (non-hydrogen) atoms. The van der Waals surface area contributed by atoms with Gasteiger partial charge < -0.3 is 0 Å². The Bertz CT molecular complexity index is 676. The van der Waals surface area contributed by atoms with E-state index < -0.39 is 0 Å². The van der Waals surface area contributed by atoms with Crippen LogP contribution in [-0.2, 0) is 0 Å². The van der Waals surface area contributed by atoms with E-state index in [0.29, 0.717) is 22.3 Å². The van der Waals surface area contributed by atoms with Gasteiger partial charge in [0.15, 0.2) is 11.6 Å². The zero-order valence-corrected chi connectivity index (χ0v) is 15.4. The number of carbonyl (C=O) groups excluding carboxylic acids is 2. The third-order valence-electron chi connectivity index (χ3n) is 3.46. The van der Waals surface area contributed by atoms with Gasteiger partial charge in [0.2, 0.25) is 0 Å². The van der Waals surface area contributed by atoms with E-state index in [-0.39, 0.29) is 11.6 Å². The molecular formula is C18H14Br2O2. The van der Waals surface area contributed by atoms with Crippen molar-refractivity contribution in [3.63, 3.8) is 0 Å². The van der Waals surface area contributed by atoms with Crippen molar-refractivity contribution in [1.29, 1.82) is 0 Å². The number of allylic oxidation sites excluding steroid dienone is 2. The lowest BCUT2D eigenvalue weighted by Gasteiger charge is -2.07. The Morgan fingerprint density at radius 3 is 1.18 bits per heavy atom. The summed E-state index contributed by atoms with van der Waals surface area (Å²) in [5.74, 6) is -0.258. The smallest absolute Gasteiger partial charge is 0.189 e. The van der Waals surface area contributed by atoms with E-state index in [0.717, 1.165) is 8.95 Å². The maximum Gasteiger partial charge on any atom is 0.189 e. The summed E-state index contributed by atoms with van der Waals surface area (Å²) in [6.07, 6.45) is 0. The number of hydrogen-bond donors (Lipinski definition) is 0. The molecule has 0 bridgehead atoms. The minimum absolute atomic E-state index is 0.129. The van der Waals surface area contributed by atoms with Crippen LogP contribution >= 0.6 is 31.9 Å². The highest BCUT2D eigenvalue weighted by Crippen LogP contribution is 2.19. The molecule has 2 rings (SSSR count). The summed E-state index contributed by atoms with van der Waals surface area (Å²) < 4.78 is 1.82. The highest BCUT2D eigenvalue weighted by molar-refractivity contribution is 9.10. The maximum absolute atomic E-state index is 12.5.